The van der Waals surface area contributed by atoms with Gasteiger partial charge in [-0.05, 0) is 12.5 Å². The summed E-state index contributed by atoms with van der Waals surface area (Å²) in [5, 5.41) is 1.36. The number of aromatic nitrogens is 2. The summed E-state index contributed by atoms with van der Waals surface area (Å²) >= 11 is 1.69. The van der Waals surface area contributed by atoms with Crippen LogP contribution in [0.15, 0.2) is 23.6 Å². The van der Waals surface area contributed by atoms with E-state index in [0.717, 1.165) is 17.9 Å². The number of nitrogens with zero attached hydrogens (tertiary/aromatic N) is 2. The minimum absolute atomic E-state index is 0.176. The van der Waals surface area contributed by atoms with Gasteiger partial charge in [-0.3, -0.25) is 4.79 Å². The minimum atomic E-state index is 0.176. The average Bonchev–Trinajstić information content (AvgIpc) is 2.52. The first-order chi connectivity index (χ1) is 6.77. The molecule has 14 heavy (non-hydrogen) atoms. The molecule has 0 N–H and O–H groups in total. The van der Waals surface area contributed by atoms with E-state index in [9.17, 15) is 4.79 Å². The zero-order chi connectivity index (χ0) is 9.97. The Hall–Kier alpha value is -0.900. The van der Waals surface area contributed by atoms with Gasteiger partial charge in [0.25, 0.3) is 0 Å². The van der Waals surface area contributed by atoms with E-state index < -0.39 is 0 Å². The lowest BCUT2D eigenvalue weighted by molar-refractivity contribution is -0.120. The van der Waals surface area contributed by atoms with Crippen LogP contribution in [0.2, 0.25) is 0 Å². The molecule has 2 atom stereocenters. The molecule has 0 aromatic carbocycles. The molecule has 0 bridgehead atoms. The van der Waals surface area contributed by atoms with Crippen molar-refractivity contribution in [3.05, 3.63) is 18.6 Å². The molecule has 2 rings (SSSR count). The van der Waals surface area contributed by atoms with Crippen molar-refractivity contribution in [1.29, 1.82) is 0 Å². The van der Waals surface area contributed by atoms with Gasteiger partial charge >= 0.3 is 0 Å². The number of hydrogen-bond acceptors (Lipinski definition) is 4. The predicted molar refractivity (Wildman–Crippen MR) is 55.1 cm³/mol. The maximum atomic E-state index is 11.3. The van der Waals surface area contributed by atoms with Crippen LogP contribution in [0.5, 0.6) is 0 Å². The fourth-order valence-electron chi connectivity index (χ4n) is 1.63. The molecular formula is C10H12N2OS. The molecule has 0 aliphatic heterocycles. The molecule has 0 amide bonds. The molecule has 1 aliphatic carbocycles. The fraction of sp³-hybridized carbons (Fsp3) is 0.500. The molecular weight excluding hydrogens is 196 g/mol. The SMILES string of the molecule is CC1C(=O)CCC1Sc1ccncn1. The van der Waals surface area contributed by atoms with Gasteiger partial charge in [-0.1, -0.05) is 6.92 Å². The van der Waals surface area contributed by atoms with E-state index >= 15 is 0 Å². The summed E-state index contributed by atoms with van der Waals surface area (Å²) in [6.07, 6.45) is 4.99. The number of rotatable bonds is 2. The van der Waals surface area contributed by atoms with Crippen LogP contribution in [0.1, 0.15) is 19.8 Å². The van der Waals surface area contributed by atoms with E-state index in [1.807, 2.05) is 13.0 Å². The zero-order valence-corrected chi connectivity index (χ0v) is 8.83. The van der Waals surface area contributed by atoms with Crippen molar-refractivity contribution in [1.82, 2.24) is 9.97 Å². The van der Waals surface area contributed by atoms with Crippen molar-refractivity contribution >= 4 is 17.5 Å². The Morgan fingerprint density at radius 1 is 1.57 bits per heavy atom. The molecule has 0 saturated heterocycles. The second kappa shape index (κ2) is 4.09. The maximum absolute atomic E-state index is 11.3. The Morgan fingerprint density at radius 2 is 2.43 bits per heavy atom. The van der Waals surface area contributed by atoms with Gasteiger partial charge in [-0.2, -0.15) is 0 Å². The van der Waals surface area contributed by atoms with E-state index in [1.165, 1.54) is 0 Å². The number of thioether (sulfide) groups is 1. The minimum Gasteiger partial charge on any atom is -0.299 e. The van der Waals surface area contributed by atoms with Gasteiger partial charge < -0.3 is 0 Å². The number of carbonyl (C=O) groups is 1. The Kier molecular flexibility index (Phi) is 2.82. The van der Waals surface area contributed by atoms with Crippen molar-refractivity contribution in [3.8, 4) is 0 Å². The van der Waals surface area contributed by atoms with E-state index in [0.29, 0.717) is 11.0 Å². The zero-order valence-electron chi connectivity index (χ0n) is 8.01. The predicted octanol–water partition coefficient (Wildman–Crippen LogP) is 1.94. The highest BCUT2D eigenvalue weighted by Crippen LogP contribution is 2.35. The highest BCUT2D eigenvalue weighted by Gasteiger charge is 2.31. The van der Waals surface area contributed by atoms with E-state index in [1.54, 1.807) is 24.3 Å². The van der Waals surface area contributed by atoms with Gasteiger partial charge in [0.1, 0.15) is 12.1 Å². The van der Waals surface area contributed by atoms with Gasteiger partial charge in [-0.25, -0.2) is 9.97 Å². The molecule has 4 heteroatoms. The molecule has 3 nitrogen and oxygen atoms in total. The molecule has 1 fully saturated rings. The van der Waals surface area contributed by atoms with Crippen molar-refractivity contribution in [2.24, 2.45) is 5.92 Å². The van der Waals surface area contributed by atoms with E-state index in [2.05, 4.69) is 9.97 Å². The third-order valence-corrected chi connectivity index (χ3v) is 4.00. The van der Waals surface area contributed by atoms with Crippen LogP contribution in [0.4, 0.5) is 0 Å². The molecule has 1 aromatic rings. The van der Waals surface area contributed by atoms with E-state index in [-0.39, 0.29) is 5.92 Å². The number of ketones is 1. The molecule has 1 saturated carbocycles. The van der Waals surface area contributed by atoms with Gasteiger partial charge in [0, 0.05) is 23.8 Å². The van der Waals surface area contributed by atoms with Crippen molar-refractivity contribution < 1.29 is 4.79 Å². The molecule has 1 aliphatic rings. The summed E-state index contributed by atoms with van der Waals surface area (Å²) in [7, 11) is 0. The highest BCUT2D eigenvalue weighted by molar-refractivity contribution is 7.99. The number of Topliss-reactive ketones (excluding diaryl/α,β-unsaturated/α-hetero) is 1. The summed E-state index contributed by atoms with van der Waals surface area (Å²) in [6.45, 7) is 2.01. The maximum Gasteiger partial charge on any atom is 0.136 e. The third-order valence-electron chi connectivity index (χ3n) is 2.57. The Bertz CT molecular complexity index is 328. The average molecular weight is 208 g/mol. The summed E-state index contributed by atoms with van der Waals surface area (Å²) in [5.41, 5.74) is 0. The second-order valence-corrected chi connectivity index (χ2v) is 4.76. The standard InChI is InChI=1S/C10H12N2OS/c1-7-8(13)2-3-9(7)14-10-4-5-11-6-12-10/h4-7,9H,2-3H2,1H3. The summed E-state index contributed by atoms with van der Waals surface area (Å²) in [5.74, 6) is 0.562. The topological polar surface area (TPSA) is 42.9 Å². The van der Waals surface area contributed by atoms with Crippen LogP contribution in [0.3, 0.4) is 0 Å². The smallest absolute Gasteiger partial charge is 0.136 e. The molecule has 0 spiro atoms. The second-order valence-electron chi connectivity index (χ2n) is 3.50. The van der Waals surface area contributed by atoms with Crippen molar-refractivity contribution in [2.45, 2.75) is 30.0 Å². The normalized spacial score (nSPS) is 26.8. The van der Waals surface area contributed by atoms with Gasteiger partial charge in [0.15, 0.2) is 0 Å². The monoisotopic (exact) mass is 208 g/mol. The summed E-state index contributed by atoms with van der Waals surface area (Å²) < 4.78 is 0. The van der Waals surface area contributed by atoms with Crippen molar-refractivity contribution in [2.75, 3.05) is 0 Å². The van der Waals surface area contributed by atoms with Gasteiger partial charge in [0.2, 0.25) is 0 Å². The number of hydrogen-bond donors (Lipinski definition) is 0. The lowest BCUT2D eigenvalue weighted by Gasteiger charge is -2.11. The first kappa shape index (κ1) is 9.65. The molecule has 1 aromatic heterocycles. The van der Waals surface area contributed by atoms with Crippen LogP contribution in [0.25, 0.3) is 0 Å². The Labute approximate surface area is 87.3 Å². The van der Waals surface area contributed by atoms with Crippen LogP contribution < -0.4 is 0 Å². The summed E-state index contributed by atoms with van der Waals surface area (Å²) in [4.78, 5) is 19.3. The molecule has 0 radical (unpaired) electrons. The van der Waals surface area contributed by atoms with Crippen LogP contribution in [-0.2, 0) is 4.79 Å². The highest BCUT2D eigenvalue weighted by atomic mass is 32.2. The molecule has 1 heterocycles. The number of carbonyl (C=O) groups excluding carboxylic acids is 1. The lowest BCUT2D eigenvalue weighted by Crippen LogP contribution is -2.12. The van der Waals surface area contributed by atoms with Crippen molar-refractivity contribution in [3.63, 3.8) is 0 Å². The third kappa shape index (κ3) is 1.95. The quantitative estimate of drug-likeness (QED) is 0.697. The first-order valence-electron chi connectivity index (χ1n) is 4.73. The first-order valence-corrected chi connectivity index (χ1v) is 5.60. The Balaban J connectivity index is 2.02. The Morgan fingerprint density at radius 3 is 3.00 bits per heavy atom. The molecule has 2 unspecified atom stereocenters. The van der Waals surface area contributed by atoms with Gasteiger partial charge in [-0.15, -0.1) is 11.8 Å². The fourth-order valence-corrected chi connectivity index (χ4v) is 2.78. The lowest BCUT2D eigenvalue weighted by atomic mass is 10.1. The van der Waals surface area contributed by atoms with E-state index in [4.69, 9.17) is 0 Å². The summed E-state index contributed by atoms with van der Waals surface area (Å²) in [6, 6.07) is 1.89. The van der Waals surface area contributed by atoms with Crippen LogP contribution >= 0.6 is 11.8 Å². The van der Waals surface area contributed by atoms with Crippen LogP contribution in [0, 0.1) is 5.92 Å². The van der Waals surface area contributed by atoms with Gasteiger partial charge in [0.05, 0.1) is 5.03 Å². The largest absolute Gasteiger partial charge is 0.299 e. The molecule has 74 valence electrons. The van der Waals surface area contributed by atoms with Crippen LogP contribution in [-0.4, -0.2) is 21.0 Å².